The number of rotatable bonds is 4. The van der Waals surface area contributed by atoms with Crippen LogP contribution in [0.2, 0.25) is 0 Å². The van der Waals surface area contributed by atoms with Gasteiger partial charge in [0.05, 0.1) is 16.9 Å². The molecule has 1 N–H and O–H groups in total. The van der Waals surface area contributed by atoms with Gasteiger partial charge in [0.2, 0.25) is 0 Å². The monoisotopic (exact) mass is 322 g/mol. The van der Waals surface area contributed by atoms with Crippen molar-refractivity contribution in [2.45, 2.75) is 13.8 Å². The van der Waals surface area contributed by atoms with Crippen molar-refractivity contribution in [1.82, 2.24) is 0 Å². The molecule has 0 unspecified atom stereocenters. The number of Topliss-reactive ketones (excluding diaryl/α,β-unsaturated/α-hetero) is 1. The van der Waals surface area contributed by atoms with Crippen LogP contribution in [0.15, 0.2) is 28.8 Å². The summed E-state index contributed by atoms with van der Waals surface area (Å²) >= 11 is 3.47. The molecule has 1 aliphatic heterocycles. The van der Waals surface area contributed by atoms with E-state index in [1.165, 1.54) is 0 Å². The number of benzene rings is 1. The van der Waals surface area contributed by atoms with Crippen LogP contribution in [0.3, 0.4) is 0 Å². The Hall–Kier alpha value is -1.62. The smallest absolute Gasteiger partial charge is 0.296 e. The molecule has 2 rings (SSSR count). The second-order valence-electron chi connectivity index (χ2n) is 4.60. The second-order valence-corrected chi connectivity index (χ2v) is 5.46. The Kier molecular flexibility index (Phi) is 3.75. The zero-order chi connectivity index (χ0) is 14.2. The lowest BCUT2D eigenvalue weighted by molar-refractivity contribution is -0.112. The van der Waals surface area contributed by atoms with Crippen molar-refractivity contribution in [3.8, 4) is 0 Å². The molecule has 4 nitrogen and oxygen atoms in total. The number of fused-ring (bicyclic) bond motifs is 1. The van der Waals surface area contributed by atoms with Crippen molar-refractivity contribution in [1.29, 1.82) is 0 Å². The number of carbonyl (C=O) groups excluding carboxylic acids is 2. The van der Waals surface area contributed by atoms with Crippen molar-refractivity contribution in [3.63, 3.8) is 0 Å². The van der Waals surface area contributed by atoms with Crippen molar-refractivity contribution in [2.75, 3.05) is 23.3 Å². The summed E-state index contributed by atoms with van der Waals surface area (Å²) in [7, 11) is 0. The first kappa shape index (κ1) is 13.8. The van der Waals surface area contributed by atoms with Gasteiger partial charge >= 0.3 is 0 Å². The number of likely N-dealkylation sites (N-methyl/N-ethyl adjacent to an activating group) is 1. The van der Waals surface area contributed by atoms with E-state index in [9.17, 15) is 9.59 Å². The molecule has 0 saturated carbocycles. The number of ketones is 1. The SMILES string of the molecule is C=C(C)CN(CC)c1cc2c(cc1Br)C(=O)C(=O)N2. The van der Waals surface area contributed by atoms with Gasteiger partial charge in [-0.3, -0.25) is 9.59 Å². The summed E-state index contributed by atoms with van der Waals surface area (Å²) in [6.07, 6.45) is 0. The van der Waals surface area contributed by atoms with Gasteiger partial charge in [0.1, 0.15) is 0 Å². The Morgan fingerprint density at radius 1 is 1.42 bits per heavy atom. The maximum atomic E-state index is 11.6. The molecule has 5 heteroatoms. The van der Waals surface area contributed by atoms with Crippen molar-refractivity contribution < 1.29 is 9.59 Å². The average Bonchev–Trinajstić information content (AvgIpc) is 2.62. The zero-order valence-corrected chi connectivity index (χ0v) is 12.5. The van der Waals surface area contributed by atoms with Gasteiger partial charge in [0.15, 0.2) is 0 Å². The van der Waals surface area contributed by atoms with Crippen molar-refractivity contribution in [2.24, 2.45) is 0 Å². The van der Waals surface area contributed by atoms with Crippen LogP contribution in [0.4, 0.5) is 11.4 Å². The Morgan fingerprint density at radius 2 is 2.11 bits per heavy atom. The first-order valence-electron chi connectivity index (χ1n) is 6.02. The van der Waals surface area contributed by atoms with Crippen molar-refractivity contribution in [3.05, 3.63) is 34.3 Å². The molecular weight excluding hydrogens is 308 g/mol. The topological polar surface area (TPSA) is 49.4 Å². The molecule has 1 aromatic rings. The quantitative estimate of drug-likeness (QED) is 0.684. The molecule has 0 saturated heterocycles. The van der Waals surface area contributed by atoms with Crippen LogP contribution in [0.5, 0.6) is 0 Å². The highest BCUT2D eigenvalue weighted by Crippen LogP contribution is 2.35. The van der Waals surface area contributed by atoms with Crippen LogP contribution in [-0.4, -0.2) is 24.8 Å². The summed E-state index contributed by atoms with van der Waals surface area (Å²) in [5, 5.41) is 2.59. The molecule has 0 radical (unpaired) electrons. The lowest BCUT2D eigenvalue weighted by atomic mass is 10.1. The van der Waals surface area contributed by atoms with E-state index < -0.39 is 11.7 Å². The lowest BCUT2D eigenvalue weighted by Crippen LogP contribution is -2.24. The maximum absolute atomic E-state index is 11.6. The molecule has 1 aliphatic rings. The summed E-state index contributed by atoms with van der Waals surface area (Å²) in [5.74, 6) is -1.05. The predicted octanol–water partition coefficient (Wildman–Crippen LogP) is 2.99. The van der Waals surface area contributed by atoms with Gasteiger partial charge in [-0.05, 0) is 41.9 Å². The van der Waals surface area contributed by atoms with Gasteiger partial charge in [-0.2, -0.15) is 0 Å². The molecule has 0 aliphatic carbocycles. The Balaban J connectivity index is 2.44. The summed E-state index contributed by atoms with van der Waals surface area (Å²) in [4.78, 5) is 25.1. The predicted molar refractivity (Wildman–Crippen MR) is 79.8 cm³/mol. The lowest BCUT2D eigenvalue weighted by Gasteiger charge is -2.25. The normalized spacial score (nSPS) is 13.2. The second kappa shape index (κ2) is 5.17. The van der Waals surface area contributed by atoms with Crippen LogP contribution in [0.25, 0.3) is 0 Å². The largest absolute Gasteiger partial charge is 0.367 e. The molecule has 0 fully saturated rings. The zero-order valence-electron chi connectivity index (χ0n) is 10.9. The third-order valence-corrected chi connectivity index (χ3v) is 3.60. The molecule has 0 atom stereocenters. The first-order chi connectivity index (χ1) is 8.93. The summed E-state index contributed by atoms with van der Waals surface area (Å²) < 4.78 is 0.805. The third kappa shape index (κ3) is 2.56. The molecule has 1 aromatic carbocycles. The molecule has 0 spiro atoms. The highest BCUT2D eigenvalue weighted by molar-refractivity contribution is 9.10. The van der Waals surface area contributed by atoms with Crippen LogP contribution in [0.1, 0.15) is 24.2 Å². The molecule has 100 valence electrons. The molecule has 1 heterocycles. The van der Waals surface area contributed by atoms with Gasteiger partial charge in [0, 0.05) is 17.6 Å². The maximum Gasteiger partial charge on any atom is 0.296 e. The first-order valence-corrected chi connectivity index (χ1v) is 6.82. The van der Waals surface area contributed by atoms with E-state index in [2.05, 4.69) is 32.7 Å². The van der Waals surface area contributed by atoms with Crippen LogP contribution in [0, 0.1) is 0 Å². The Bertz CT molecular complexity index is 581. The van der Waals surface area contributed by atoms with E-state index in [1.807, 2.05) is 19.9 Å². The molecule has 0 aromatic heterocycles. The fraction of sp³-hybridized carbons (Fsp3) is 0.286. The highest BCUT2D eigenvalue weighted by atomic mass is 79.9. The fourth-order valence-corrected chi connectivity index (χ4v) is 2.68. The van der Waals surface area contributed by atoms with Gasteiger partial charge < -0.3 is 10.2 Å². The number of hydrogen-bond donors (Lipinski definition) is 1. The molecule has 19 heavy (non-hydrogen) atoms. The summed E-state index contributed by atoms with van der Waals surface area (Å²) in [6.45, 7) is 9.47. The number of carbonyl (C=O) groups is 2. The molecule has 1 amide bonds. The van der Waals surface area contributed by atoms with E-state index in [1.54, 1.807) is 6.07 Å². The van der Waals surface area contributed by atoms with Gasteiger partial charge in [-0.25, -0.2) is 0 Å². The van der Waals surface area contributed by atoms with Crippen LogP contribution in [-0.2, 0) is 4.79 Å². The van der Waals surface area contributed by atoms with E-state index in [0.717, 1.165) is 28.8 Å². The third-order valence-electron chi connectivity index (χ3n) is 2.97. The van der Waals surface area contributed by atoms with Gasteiger partial charge in [0.25, 0.3) is 11.7 Å². The van der Waals surface area contributed by atoms with E-state index in [0.29, 0.717) is 11.3 Å². The number of nitrogens with zero attached hydrogens (tertiary/aromatic N) is 1. The van der Waals surface area contributed by atoms with Crippen LogP contribution >= 0.6 is 15.9 Å². The minimum absolute atomic E-state index is 0.423. The fourth-order valence-electron chi connectivity index (χ4n) is 2.09. The van der Waals surface area contributed by atoms with Crippen LogP contribution < -0.4 is 10.2 Å². The van der Waals surface area contributed by atoms with E-state index >= 15 is 0 Å². The number of amides is 1. The van der Waals surface area contributed by atoms with Gasteiger partial charge in [-0.15, -0.1) is 0 Å². The number of anilines is 2. The van der Waals surface area contributed by atoms with E-state index in [-0.39, 0.29) is 0 Å². The minimum Gasteiger partial charge on any atom is -0.367 e. The summed E-state index contributed by atoms with van der Waals surface area (Å²) in [5.41, 5.74) is 2.99. The molecule has 0 bridgehead atoms. The van der Waals surface area contributed by atoms with Crippen molar-refractivity contribution >= 4 is 39.0 Å². The molecular formula is C14H15BrN2O2. The standard InChI is InChI=1S/C14H15BrN2O2/c1-4-17(7-8(2)3)12-6-11-9(5-10(12)15)13(18)14(19)16-11/h5-6H,2,4,7H2,1,3H3,(H,16,18,19). The Labute approximate surface area is 120 Å². The summed E-state index contributed by atoms with van der Waals surface area (Å²) in [6, 6.07) is 3.53. The van der Waals surface area contributed by atoms with E-state index in [4.69, 9.17) is 0 Å². The average molecular weight is 323 g/mol. The number of hydrogen-bond acceptors (Lipinski definition) is 3. The number of halogens is 1. The van der Waals surface area contributed by atoms with Gasteiger partial charge in [-0.1, -0.05) is 12.2 Å². The highest BCUT2D eigenvalue weighted by Gasteiger charge is 2.29. The number of nitrogens with one attached hydrogen (secondary N) is 1. The Morgan fingerprint density at radius 3 is 2.68 bits per heavy atom. The minimum atomic E-state index is -0.568.